The van der Waals surface area contributed by atoms with Crippen molar-refractivity contribution in [2.75, 3.05) is 46.1 Å². The van der Waals surface area contributed by atoms with Gasteiger partial charge in [0, 0.05) is 49.4 Å². The fourth-order valence-corrected chi connectivity index (χ4v) is 6.52. The third kappa shape index (κ3) is 4.67. The normalized spacial score (nSPS) is 20.4. The summed E-state index contributed by atoms with van der Waals surface area (Å²) in [5.41, 5.74) is 2.75. The maximum atomic E-state index is 13.7. The smallest absolute Gasteiger partial charge is 0.265 e. The maximum absolute atomic E-state index is 13.7. The molecule has 2 aromatic heterocycles. The molecule has 7 rings (SSSR count). The Labute approximate surface area is 227 Å². The van der Waals surface area contributed by atoms with Gasteiger partial charge in [0.15, 0.2) is 11.5 Å². The van der Waals surface area contributed by atoms with E-state index in [1.165, 1.54) is 19.3 Å². The van der Waals surface area contributed by atoms with Crippen molar-refractivity contribution >= 4 is 16.9 Å². The molecule has 0 bridgehead atoms. The van der Waals surface area contributed by atoms with Gasteiger partial charge in [0.1, 0.15) is 24.4 Å². The first-order valence-corrected chi connectivity index (χ1v) is 14.1. The number of ether oxygens (including phenoxy) is 3. The third-order valence-corrected chi connectivity index (χ3v) is 8.90. The fourth-order valence-electron chi connectivity index (χ4n) is 6.52. The molecule has 2 aliphatic heterocycles. The van der Waals surface area contributed by atoms with Gasteiger partial charge in [0.2, 0.25) is 0 Å². The number of pyridine rings is 2. The molecule has 1 aromatic carbocycles. The van der Waals surface area contributed by atoms with Crippen LogP contribution in [-0.4, -0.2) is 72.5 Å². The summed E-state index contributed by atoms with van der Waals surface area (Å²) >= 11 is 0. The Bertz CT molecular complexity index is 1470. The molecule has 204 valence electrons. The van der Waals surface area contributed by atoms with E-state index in [0.717, 1.165) is 48.2 Å². The summed E-state index contributed by atoms with van der Waals surface area (Å²) in [6.07, 6.45) is 7.64. The number of benzene rings is 1. The van der Waals surface area contributed by atoms with Crippen molar-refractivity contribution in [2.45, 2.75) is 44.7 Å². The molecule has 39 heavy (non-hydrogen) atoms. The van der Waals surface area contributed by atoms with E-state index in [9.17, 15) is 9.59 Å². The Hall–Kier alpha value is -3.43. The summed E-state index contributed by atoms with van der Waals surface area (Å²) in [4.78, 5) is 34.1. The number of morpholine rings is 1. The molecular formula is C30H34N4O5. The van der Waals surface area contributed by atoms with Gasteiger partial charge in [0.25, 0.3) is 11.5 Å². The Balaban J connectivity index is 1.22. The second-order valence-corrected chi connectivity index (χ2v) is 11.4. The van der Waals surface area contributed by atoms with Crippen molar-refractivity contribution in [3.05, 3.63) is 52.4 Å². The highest BCUT2D eigenvalue weighted by molar-refractivity contribution is 5.97. The highest BCUT2D eigenvalue weighted by Crippen LogP contribution is 2.55. The number of hydrogen-bond acceptors (Lipinski definition) is 7. The van der Waals surface area contributed by atoms with E-state index in [0.29, 0.717) is 56.3 Å². The zero-order chi connectivity index (χ0) is 26.4. The van der Waals surface area contributed by atoms with Crippen LogP contribution in [0, 0.1) is 5.41 Å². The Morgan fingerprint density at radius 1 is 0.974 bits per heavy atom. The molecule has 1 N–H and O–H groups in total. The molecule has 2 saturated carbocycles. The lowest BCUT2D eigenvalue weighted by molar-refractivity contribution is -0.000652. The van der Waals surface area contributed by atoms with E-state index in [1.54, 1.807) is 16.8 Å². The molecule has 3 fully saturated rings. The van der Waals surface area contributed by atoms with Gasteiger partial charge in [-0.2, -0.15) is 0 Å². The van der Waals surface area contributed by atoms with Crippen molar-refractivity contribution in [1.82, 2.24) is 19.8 Å². The number of carbonyl (C=O) groups is 1. The first-order valence-electron chi connectivity index (χ1n) is 14.1. The summed E-state index contributed by atoms with van der Waals surface area (Å²) in [7, 11) is 0. The molecule has 0 unspecified atom stereocenters. The van der Waals surface area contributed by atoms with E-state index in [2.05, 4.69) is 10.2 Å². The molecule has 4 aliphatic rings. The lowest BCUT2D eigenvalue weighted by Gasteiger charge is -2.54. The zero-order valence-electron chi connectivity index (χ0n) is 22.1. The van der Waals surface area contributed by atoms with Crippen molar-refractivity contribution in [2.24, 2.45) is 5.41 Å². The quantitative estimate of drug-likeness (QED) is 0.523. The first-order chi connectivity index (χ1) is 19.1. The summed E-state index contributed by atoms with van der Waals surface area (Å²) in [6.45, 7) is 5.26. The lowest BCUT2D eigenvalue weighted by atomic mass is 9.54. The van der Waals surface area contributed by atoms with Gasteiger partial charge in [-0.15, -0.1) is 0 Å². The Morgan fingerprint density at radius 2 is 1.77 bits per heavy atom. The second-order valence-electron chi connectivity index (χ2n) is 11.4. The zero-order valence-corrected chi connectivity index (χ0v) is 22.1. The van der Waals surface area contributed by atoms with E-state index in [-0.39, 0.29) is 23.1 Å². The number of nitrogens with zero attached hydrogens (tertiary/aromatic N) is 3. The average Bonchev–Trinajstić information content (AvgIpc) is 2.93. The predicted molar refractivity (Wildman–Crippen MR) is 146 cm³/mol. The molecule has 0 radical (unpaired) electrons. The molecule has 1 saturated heterocycles. The van der Waals surface area contributed by atoms with Crippen LogP contribution in [0.5, 0.6) is 11.5 Å². The Morgan fingerprint density at radius 3 is 2.54 bits per heavy atom. The van der Waals surface area contributed by atoms with Gasteiger partial charge in [-0.1, -0.05) is 12.5 Å². The molecule has 1 spiro atoms. The minimum Gasteiger partial charge on any atom is -0.486 e. The minimum absolute atomic E-state index is 0.150. The van der Waals surface area contributed by atoms with E-state index < -0.39 is 0 Å². The number of fused-ring (bicyclic) bond motifs is 2. The van der Waals surface area contributed by atoms with Crippen LogP contribution in [0.2, 0.25) is 0 Å². The average molecular weight is 531 g/mol. The van der Waals surface area contributed by atoms with Crippen LogP contribution >= 0.6 is 0 Å². The van der Waals surface area contributed by atoms with Crippen molar-refractivity contribution < 1.29 is 19.0 Å². The SMILES string of the molecule is O=C(NC1CC2(CCC2)C1)c1cc2cc(-c3ccc4c(c3)OCCO4)cnc2n(CCN2CCOCC2)c1=O. The van der Waals surface area contributed by atoms with Gasteiger partial charge in [0.05, 0.1) is 13.2 Å². The number of hydrogen-bond donors (Lipinski definition) is 1. The van der Waals surface area contributed by atoms with Crippen molar-refractivity contribution in [3.8, 4) is 22.6 Å². The highest BCUT2D eigenvalue weighted by atomic mass is 16.6. The molecule has 2 aliphatic carbocycles. The second kappa shape index (κ2) is 9.95. The van der Waals surface area contributed by atoms with Gasteiger partial charge >= 0.3 is 0 Å². The standard InChI is InChI=1S/C30H34N4O5/c35-28(32-23-17-30(18-23)4-1-5-30)24-15-21-14-22(20-2-3-25-26(16-20)39-13-12-38-25)19-31-27(21)34(29(24)36)7-6-33-8-10-37-11-9-33/h2-3,14-16,19,23H,1,4-13,17-18H2,(H,32,35). The van der Waals surface area contributed by atoms with Crippen LogP contribution < -0.4 is 20.3 Å². The summed E-state index contributed by atoms with van der Waals surface area (Å²) in [5, 5.41) is 3.91. The van der Waals surface area contributed by atoms with Crippen molar-refractivity contribution in [1.29, 1.82) is 0 Å². The van der Waals surface area contributed by atoms with Crippen LogP contribution in [-0.2, 0) is 11.3 Å². The monoisotopic (exact) mass is 530 g/mol. The minimum atomic E-state index is -0.287. The van der Waals surface area contributed by atoms with Gasteiger partial charge in [-0.3, -0.25) is 19.1 Å². The van der Waals surface area contributed by atoms with Gasteiger partial charge in [-0.25, -0.2) is 4.98 Å². The summed E-state index contributed by atoms with van der Waals surface area (Å²) in [5.74, 6) is 1.15. The number of rotatable bonds is 6. The van der Waals surface area contributed by atoms with E-state index in [4.69, 9.17) is 19.2 Å². The lowest BCUT2D eigenvalue weighted by Crippen LogP contribution is -2.54. The van der Waals surface area contributed by atoms with Crippen LogP contribution in [0.1, 0.15) is 42.5 Å². The molecule has 3 aromatic rings. The van der Waals surface area contributed by atoms with Crippen LogP contribution in [0.3, 0.4) is 0 Å². The number of amides is 1. The maximum Gasteiger partial charge on any atom is 0.265 e. The van der Waals surface area contributed by atoms with Gasteiger partial charge < -0.3 is 19.5 Å². The highest BCUT2D eigenvalue weighted by Gasteiger charge is 2.48. The molecule has 9 nitrogen and oxygen atoms in total. The number of nitrogens with one attached hydrogen (secondary N) is 1. The largest absolute Gasteiger partial charge is 0.486 e. The predicted octanol–water partition coefficient (Wildman–Crippen LogP) is 3.23. The first kappa shape index (κ1) is 24.6. The number of carbonyl (C=O) groups excluding carboxylic acids is 1. The third-order valence-electron chi connectivity index (χ3n) is 8.90. The Kier molecular flexibility index (Phi) is 6.28. The van der Waals surface area contributed by atoms with Crippen molar-refractivity contribution in [3.63, 3.8) is 0 Å². The molecule has 9 heteroatoms. The van der Waals surface area contributed by atoms with Gasteiger partial charge in [-0.05, 0) is 60.9 Å². The summed E-state index contributed by atoms with van der Waals surface area (Å²) < 4.78 is 18.6. The topological polar surface area (TPSA) is 94.9 Å². The van der Waals surface area contributed by atoms with Crippen LogP contribution in [0.25, 0.3) is 22.2 Å². The van der Waals surface area contributed by atoms with E-state index in [1.807, 2.05) is 24.3 Å². The summed E-state index contributed by atoms with van der Waals surface area (Å²) in [6, 6.07) is 9.70. The molecular weight excluding hydrogens is 496 g/mol. The van der Waals surface area contributed by atoms with Crippen LogP contribution in [0.4, 0.5) is 0 Å². The van der Waals surface area contributed by atoms with E-state index >= 15 is 0 Å². The fraction of sp³-hybridized carbons (Fsp3) is 0.500. The molecule has 0 atom stereocenters. The molecule has 4 heterocycles. The number of aromatic nitrogens is 2. The molecule has 1 amide bonds. The van der Waals surface area contributed by atoms with Crippen LogP contribution in [0.15, 0.2) is 41.3 Å².